The van der Waals surface area contributed by atoms with Crippen molar-refractivity contribution >= 4 is 33.7 Å². The molecule has 1 fully saturated rings. The van der Waals surface area contributed by atoms with Gasteiger partial charge >= 0.3 is 0 Å². The van der Waals surface area contributed by atoms with Crippen LogP contribution in [0.5, 0.6) is 5.75 Å². The van der Waals surface area contributed by atoms with Gasteiger partial charge in [-0.2, -0.15) is 0 Å². The summed E-state index contributed by atoms with van der Waals surface area (Å²) in [5, 5.41) is 12.5. The van der Waals surface area contributed by atoms with Crippen LogP contribution in [0.4, 0.5) is 5.13 Å². The number of amides is 1. The highest BCUT2D eigenvalue weighted by atomic mass is 32.1. The molecule has 0 aliphatic carbocycles. The molecule has 0 radical (unpaired) electrons. The van der Waals surface area contributed by atoms with Gasteiger partial charge in [0.15, 0.2) is 5.01 Å². The minimum absolute atomic E-state index is 0.0417. The van der Waals surface area contributed by atoms with E-state index >= 15 is 0 Å². The Balaban J connectivity index is 1.40. The molecule has 1 saturated heterocycles. The lowest BCUT2D eigenvalue weighted by Gasteiger charge is -2.34. The highest BCUT2D eigenvalue weighted by Gasteiger charge is 2.24. The number of ether oxygens (including phenoxy) is 1. The van der Waals surface area contributed by atoms with Crippen LogP contribution in [0, 0.1) is 0 Å². The van der Waals surface area contributed by atoms with E-state index in [0.717, 1.165) is 28.1 Å². The van der Waals surface area contributed by atoms with Crippen LogP contribution in [-0.2, 0) is 0 Å². The number of thiophene rings is 1. The Kier molecular flexibility index (Phi) is 4.85. The van der Waals surface area contributed by atoms with Crippen molar-refractivity contribution < 1.29 is 9.53 Å². The molecule has 0 atom stereocenters. The molecule has 8 heteroatoms. The molecular weight excluding hydrogens is 368 g/mol. The van der Waals surface area contributed by atoms with E-state index in [4.69, 9.17) is 4.74 Å². The summed E-state index contributed by atoms with van der Waals surface area (Å²) < 4.78 is 5.21. The van der Waals surface area contributed by atoms with Crippen molar-refractivity contribution in [1.29, 1.82) is 0 Å². The van der Waals surface area contributed by atoms with Gasteiger partial charge in [0.2, 0.25) is 5.13 Å². The third-order valence-electron chi connectivity index (χ3n) is 4.30. The molecule has 0 N–H and O–H groups in total. The normalized spacial score (nSPS) is 14.5. The zero-order chi connectivity index (χ0) is 17.9. The quantitative estimate of drug-likeness (QED) is 0.689. The standard InChI is InChI=1S/C18H18N4O2S2/c1-24-14-5-2-4-13(12-14)17(23)21-7-9-22(10-8-21)18-20-19-16(26-18)15-6-3-11-25-15/h2-6,11-12H,7-10H2,1H3. The highest BCUT2D eigenvalue weighted by Crippen LogP contribution is 2.31. The van der Waals surface area contributed by atoms with E-state index in [9.17, 15) is 4.79 Å². The Bertz CT molecular complexity index is 886. The molecule has 0 saturated carbocycles. The average Bonchev–Trinajstić information content (AvgIpc) is 3.39. The van der Waals surface area contributed by atoms with Crippen molar-refractivity contribution in [3.63, 3.8) is 0 Å². The number of hydrogen-bond donors (Lipinski definition) is 0. The van der Waals surface area contributed by atoms with Crippen LogP contribution in [0.3, 0.4) is 0 Å². The van der Waals surface area contributed by atoms with Crippen molar-refractivity contribution in [3.05, 3.63) is 47.3 Å². The predicted molar refractivity (Wildman–Crippen MR) is 104 cm³/mol. The Labute approximate surface area is 159 Å². The van der Waals surface area contributed by atoms with Gasteiger partial charge in [-0.3, -0.25) is 4.79 Å². The first kappa shape index (κ1) is 17.0. The highest BCUT2D eigenvalue weighted by molar-refractivity contribution is 7.22. The first-order valence-corrected chi connectivity index (χ1v) is 10.00. The molecule has 4 rings (SSSR count). The van der Waals surface area contributed by atoms with Gasteiger partial charge < -0.3 is 14.5 Å². The van der Waals surface area contributed by atoms with Crippen molar-refractivity contribution in [2.75, 3.05) is 38.2 Å². The molecule has 6 nitrogen and oxygen atoms in total. The molecule has 1 aliphatic rings. The van der Waals surface area contributed by atoms with E-state index in [1.807, 2.05) is 34.5 Å². The zero-order valence-electron chi connectivity index (χ0n) is 14.3. The topological polar surface area (TPSA) is 58.6 Å². The summed E-state index contributed by atoms with van der Waals surface area (Å²) in [5.41, 5.74) is 0.661. The van der Waals surface area contributed by atoms with Crippen molar-refractivity contribution in [3.8, 4) is 15.6 Å². The van der Waals surface area contributed by atoms with Crippen molar-refractivity contribution in [2.24, 2.45) is 0 Å². The first-order valence-electron chi connectivity index (χ1n) is 8.30. The minimum Gasteiger partial charge on any atom is -0.497 e. The van der Waals surface area contributed by atoms with Crippen LogP contribution < -0.4 is 9.64 Å². The SMILES string of the molecule is COc1cccc(C(=O)N2CCN(c3nnc(-c4cccs4)s3)CC2)c1. The van der Waals surface area contributed by atoms with Crippen LogP contribution in [0.2, 0.25) is 0 Å². The van der Waals surface area contributed by atoms with Gasteiger partial charge in [-0.25, -0.2) is 0 Å². The lowest BCUT2D eigenvalue weighted by molar-refractivity contribution is 0.0746. The lowest BCUT2D eigenvalue weighted by atomic mass is 10.1. The van der Waals surface area contributed by atoms with E-state index < -0.39 is 0 Å². The van der Waals surface area contributed by atoms with Gasteiger partial charge in [0, 0.05) is 31.7 Å². The molecular formula is C18H18N4O2S2. The number of hydrogen-bond acceptors (Lipinski definition) is 7. The number of methoxy groups -OCH3 is 1. The Morgan fingerprint density at radius 2 is 1.96 bits per heavy atom. The van der Waals surface area contributed by atoms with Crippen LogP contribution >= 0.6 is 22.7 Å². The maximum absolute atomic E-state index is 12.7. The molecule has 0 spiro atoms. The number of benzene rings is 1. The number of piperazine rings is 1. The number of aromatic nitrogens is 2. The lowest BCUT2D eigenvalue weighted by Crippen LogP contribution is -2.48. The summed E-state index contributed by atoms with van der Waals surface area (Å²) in [6, 6.07) is 11.4. The molecule has 3 heterocycles. The molecule has 134 valence electrons. The number of nitrogens with zero attached hydrogens (tertiary/aromatic N) is 4. The summed E-state index contributed by atoms with van der Waals surface area (Å²) in [6.07, 6.45) is 0. The molecule has 1 amide bonds. The predicted octanol–water partition coefficient (Wildman–Crippen LogP) is 3.24. The van der Waals surface area contributed by atoms with E-state index in [0.29, 0.717) is 24.4 Å². The minimum atomic E-state index is 0.0417. The maximum atomic E-state index is 12.7. The molecule has 0 unspecified atom stereocenters. The summed E-state index contributed by atoms with van der Waals surface area (Å²) >= 11 is 3.27. The van der Waals surface area contributed by atoms with Gasteiger partial charge in [0.05, 0.1) is 12.0 Å². The van der Waals surface area contributed by atoms with E-state index in [1.165, 1.54) is 0 Å². The Hall–Kier alpha value is -2.45. The van der Waals surface area contributed by atoms with Crippen molar-refractivity contribution in [2.45, 2.75) is 0 Å². The second-order valence-corrected chi connectivity index (χ2v) is 7.78. The molecule has 3 aromatic rings. The molecule has 0 bridgehead atoms. The molecule has 26 heavy (non-hydrogen) atoms. The Morgan fingerprint density at radius 3 is 2.69 bits per heavy atom. The van der Waals surface area contributed by atoms with Crippen molar-refractivity contribution in [1.82, 2.24) is 15.1 Å². The number of rotatable bonds is 4. The fraction of sp³-hybridized carbons (Fsp3) is 0.278. The second-order valence-electron chi connectivity index (χ2n) is 5.88. The molecule has 1 aliphatic heterocycles. The maximum Gasteiger partial charge on any atom is 0.254 e. The summed E-state index contributed by atoms with van der Waals surface area (Å²) in [4.78, 5) is 17.9. The van der Waals surface area contributed by atoms with E-state index in [1.54, 1.807) is 35.8 Å². The number of carbonyl (C=O) groups excluding carboxylic acids is 1. The second kappa shape index (κ2) is 7.43. The first-order chi connectivity index (χ1) is 12.7. The summed E-state index contributed by atoms with van der Waals surface area (Å²) in [7, 11) is 1.61. The number of carbonyl (C=O) groups is 1. The number of anilines is 1. The molecule has 1 aromatic carbocycles. The van der Waals surface area contributed by atoms with Gasteiger partial charge in [0.1, 0.15) is 5.75 Å². The van der Waals surface area contributed by atoms with E-state index in [-0.39, 0.29) is 5.91 Å². The van der Waals surface area contributed by atoms with Crippen LogP contribution in [0.25, 0.3) is 9.88 Å². The largest absolute Gasteiger partial charge is 0.497 e. The monoisotopic (exact) mass is 386 g/mol. The van der Waals surface area contributed by atoms with Gasteiger partial charge in [-0.15, -0.1) is 21.5 Å². The van der Waals surface area contributed by atoms with Gasteiger partial charge in [-0.05, 0) is 29.6 Å². The fourth-order valence-electron chi connectivity index (χ4n) is 2.88. The van der Waals surface area contributed by atoms with Gasteiger partial charge in [-0.1, -0.05) is 23.5 Å². The summed E-state index contributed by atoms with van der Waals surface area (Å²) in [6.45, 7) is 2.86. The van der Waals surface area contributed by atoms with Crippen LogP contribution in [0.15, 0.2) is 41.8 Å². The fourth-order valence-corrected chi connectivity index (χ4v) is 4.57. The van der Waals surface area contributed by atoms with Gasteiger partial charge in [0.25, 0.3) is 5.91 Å². The Morgan fingerprint density at radius 1 is 1.12 bits per heavy atom. The van der Waals surface area contributed by atoms with Crippen LogP contribution in [0.1, 0.15) is 10.4 Å². The third kappa shape index (κ3) is 3.42. The van der Waals surface area contributed by atoms with Crippen LogP contribution in [-0.4, -0.2) is 54.3 Å². The average molecular weight is 387 g/mol. The third-order valence-corrected chi connectivity index (χ3v) is 6.32. The summed E-state index contributed by atoms with van der Waals surface area (Å²) in [5.74, 6) is 0.740. The smallest absolute Gasteiger partial charge is 0.254 e. The zero-order valence-corrected chi connectivity index (χ0v) is 15.9. The molecule has 2 aromatic heterocycles. The van der Waals surface area contributed by atoms with E-state index in [2.05, 4.69) is 21.2 Å².